The second-order valence-electron chi connectivity index (χ2n) is 3.92. The Morgan fingerprint density at radius 2 is 2.28 bits per heavy atom. The van der Waals surface area contributed by atoms with Crippen LogP contribution in [0.4, 0.5) is 11.6 Å². The van der Waals surface area contributed by atoms with Crippen molar-refractivity contribution in [3.63, 3.8) is 0 Å². The van der Waals surface area contributed by atoms with Gasteiger partial charge in [-0.15, -0.1) is 0 Å². The van der Waals surface area contributed by atoms with E-state index in [1.807, 2.05) is 6.92 Å². The van der Waals surface area contributed by atoms with Gasteiger partial charge >= 0.3 is 0 Å². The topological polar surface area (TPSA) is 85.8 Å². The average molecular weight is 245 g/mol. The van der Waals surface area contributed by atoms with Gasteiger partial charge in [0.15, 0.2) is 0 Å². The highest BCUT2D eigenvalue weighted by Gasteiger charge is 2.10. The summed E-state index contributed by atoms with van der Waals surface area (Å²) in [5.41, 5.74) is 6.96. The molecule has 3 N–H and O–H groups in total. The molecule has 0 saturated heterocycles. The molecule has 2 heterocycles. The second kappa shape index (κ2) is 4.87. The summed E-state index contributed by atoms with van der Waals surface area (Å²) in [4.78, 5) is 16.2. The van der Waals surface area contributed by atoms with Crippen molar-refractivity contribution >= 4 is 17.5 Å². The van der Waals surface area contributed by atoms with Gasteiger partial charge in [-0.2, -0.15) is 5.10 Å². The summed E-state index contributed by atoms with van der Waals surface area (Å²) in [6.45, 7) is 1.96. The van der Waals surface area contributed by atoms with Gasteiger partial charge in [0.05, 0.1) is 6.20 Å². The van der Waals surface area contributed by atoms with Gasteiger partial charge in [-0.25, -0.2) is 4.98 Å². The van der Waals surface area contributed by atoms with Crippen LogP contribution in [0.5, 0.6) is 0 Å². The van der Waals surface area contributed by atoms with Crippen LogP contribution >= 0.6 is 0 Å². The minimum atomic E-state index is -0.220. The molecule has 2 aromatic rings. The summed E-state index contributed by atoms with van der Waals surface area (Å²) in [5, 5.41) is 6.74. The lowest BCUT2D eigenvalue weighted by molar-refractivity contribution is 0.102. The van der Waals surface area contributed by atoms with E-state index in [0.29, 0.717) is 17.2 Å². The Morgan fingerprint density at radius 3 is 2.89 bits per heavy atom. The van der Waals surface area contributed by atoms with Gasteiger partial charge < -0.3 is 11.1 Å². The third-order valence-electron chi connectivity index (χ3n) is 2.59. The fourth-order valence-electron chi connectivity index (χ4n) is 1.61. The van der Waals surface area contributed by atoms with Gasteiger partial charge in [-0.3, -0.25) is 9.48 Å². The van der Waals surface area contributed by atoms with E-state index in [4.69, 9.17) is 5.73 Å². The molecule has 0 aromatic carbocycles. The third-order valence-corrected chi connectivity index (χ3v) is 2.59. The zero-order valence-electron chi connectivity index (χ0n) is 10.3. The lowest BCUT2D eigenvalue weighted by atomic mass is 10.2. The number of anilines is 2. The first-order valence-corrected chi connectivity index (χ1v) is 5.66. The highest BCUT2D eigenvalue weighted by Crippen LogP contribution is 2.11. The molecule has 0 bridgehead atoms. The molecule has 0 aliphatic heterocycles. The minimum Gasteiger partial charge on any atom is -0.384 e. The summed E-state index contributed by atoms with van der Waals surface area (Å²) in [6.07, 6.45) is 2.35. The number of nitrogen functional groups attached to an aromatic ring is 1. The van der Waals surface area contributed by atoms with Crippen molar-refractivity contribution in [3.05, 3.63) is 35.7 Å². The van der Waals surface area contributed by atoms with E-state index >= 15 is 0 Å². The van der Waals surface area contributed by atoms with Crippen molar-refractivity contribution in [3.8, 4) is 0 Å². The monoisotopic (exact) mass is 245 g/mol. The van der Waals surface area contributed by atoms with Crippen LogP contribution in [0.25, 0.3) is 0 Å². The fourth-order valence-corrected chi connectivity index (χ4v) is 1.61. The van der Waals surface area contributed by atoms with Crippen LogP contribution in [0.1, 0.15) is 23.0 Å². The number of aryl methyl sites for hydroxylation is 2. The molecule has 0 atom stereocenters. The van der Waals surface area contributed by atoms with Crippen LogP contribution in [0.15, 0.2) is 24.4 Å². The van der Waals surface area contributed by atoms with Crippen molar-refractivity contribution in [2.75, 3.05) is 11.1 Å². The van der Waals surface area contributed by atoms with Crippen molar-refractivity contribution in [1.82, 2.24) is 14.8 Å². The van der Waals surface area contributed by atoms with Crippen molar-refractivity contribution < 1.29 is 4.79 Å². The normalized spacial score (nSPS) is 10.3. The Kier molecular flexibility index (Phi) is 3.27. The van der Waals surface area contributed by atoms with Gasteiger partial charge in [-0.05, 0) is 18.6 Å². The first-order chi connectivity index (χ1) is 8.60. The van der Waals surface area contributed by atoms with E-state index < -0.39 is 0 Å². The van der Waals surface area contributed by atoms with E-state index in [1.165, 1.54) is 0 Å². The van der Waals surface area contributed by atoms with Crippen LogP contribution in [0.3, 0.4) is 0 Å². The SMILES string of the molecule is CCc1cc(C(=O)Nc2ccnn2C)cc(N)n1. The second-order valence-corrected chi connectivity index (χ2v) is 3.92. The van der Waals surface area contributed by atoms with E-state index in [0.717, 1.165) is 12.1 Å². The molecule has 6 nitrogen and oxygen atoms in total. The lowest BCUT2D eigenvalue weighted by Gasteiger charge is -2.07. The molecule has 0 radical (unpaired) electrons. The summed E-state index contributed by atoms with van der Waals surface area (Å²) in [7, 11) is 1.76. The summed E-state index contributed by atoms with van der Waals surface area (Å²) in [6, 6.07) is 5.02. The first-order valence-electron chi connectivity index (χ1n) is 5.66. The van der Waals surface area contributed by atoms with Gasteiger partial charge in [0, 0.05) is 24.4 Å². The van der Waals surface area contributed by atoms with Gasteiger partial charge in [0.25, 0.3) is 5.91 Å². The van der Waals surface area contributed by atoms with Crippen LogP contribution in [-0.4, -0.2) is 20.7 Å². The Labute approximate surface area is 105 Å². The maximum atomic E-state index is 12.0. The maximum absolute atomic E-state index is 12.0. The van der Waals surface area contributed by atoms with E-state index in [9.17, 15) is 4.79 Å². The van der Waals surface area contributed by atoms with E-state index in [1.54, 1.807) is 36.1 Å². The standard InChI is InChI=1S/C12H15N5O/c1-3-9-6-8(7-10(13)15-9)12(18)16-11-4-5-14-17(11)2/h4-7H,3H2,1-2H3,(H2,13,15)(H,16,18). The molecule has 2 aromatic heterocycles. The van der Waals surface area contributed by atoms with Crippen LogP contribution in [0.2, 0.25) is 0 Å². The van der Waals surface area contributed by atoms with Crippen molar-refractivity contribution in [2.24, 2.45) is 7.05 Å². The number of pyridine rings is 1. The van der Waals surface area contributed by atoms with Crippen LogP contribution < -0.4 is 11.1 Å². The number of carbonyl (C=O) groups is 1. The third kappa shape index (κ3) is 2.48. The maximum Gasteiger partial charge on any atom is 0.257 e. The average Bonchev–Trinajstić information content (AvgIpc) is 2.74. The first kappa shape index (κ1) is 12.1. The Balaban J connectivity index is 2.24. The number of nitrogens with one attached hydrogen (secondary N) is 1. The fraction of sp³-hybridized carbons (Fsp3) is 0.250. The molecular weight excluding hydrogens is 230 g/mol. The Hall–Kier alpha value is -2.37. The lowest BCUT2D eigenvalue weighted by Crippen LogP contribution is -2.15. The van der Waals surface area contributed by atoms with Crippen LogP contribution in [-0.2, 0) is 13.5 Å². The number of hydrogen-bond acceptors (Lipinski definition) is 4. The quantitative estimate of drug-likeness (QED) is 0.851. The Bertz CT molecular complexity index is 576. The molecule has 18 heavy (non-hydrogen) atoms. The molecule has 2 rings (SSSR count). The molecule has 0 spiro atoms. The van der Waals surface area contributed by atoms with Gasteiger partial charge in [-0.1, -0.05) is 6.92 Å². The number of hydrogen-bond donors (Lipinski definition) is 2. The summed E-state index contributed by atoms with van der Waals surface area (Å²) >= 11 is 0. The zero-order chi connectivity index (χ0) is 13.1. The molecule has 94 valence electrons. The Morgan fingerprint density at radius 1 is 1.50 bits per heavy atom. The molecule has 0 aliphatic rings. The number of amides is 1. The molecule has 6 heteroatoms. The molecule has 0 fully saturated rings. The molecule has 1 amide bonds. The number of nitrogens with two attached hydrogens (primary N) is 1. The number of carbonyl (C=O) groups excluding carboxylic acids is 1. The highest BCUT2D eigenvalue weighted by atomic mass is 16.1. The highest BCUT2D eigenvalue weighted by molar-refractivity contribution is 6.04. The summed E-state index contributed by atoms with van der Waals surface area (Å²) in [5.74, 6) is 0.764. The molecular formula is C12H15N5O. The predicted octanol–water partition coefficient (Wildman–Crippen LogP) is 1.21. The number of aromatic nitrogens is 3. The summed E-state index contributed by atoms with van der Waals surface area (Å²) < 4.78 is 1.59. The zero-order valence-corrected chi connectivity index (χ0v) is 10.3. The number of rotatable bonds is 3. The smallest absolute Gasteiger partial charge is 0.257 e. The van der Waals surface area contributed by atoms with Crippen molar-refractivity contribution in [1.29, 1.82) is 0 Å². The molecule has 0 aliphatic carbocycles. The van der Waals surface area contributed by atoms with E-state index in [2.05, 4.69) is 15.4 Å². The minimum absolute atomic E-state index is 0.220. The van der Waals surface area contributed by atoms with Crippen molar-refractivity contribution in [2.45, 2.75) is 13.3 Å². The molecule has 0 saturated carbocycles. The van der Waals surface area contributed by atoms with Crippen LogP contribution in [0, 0.1) is 0 Å². The van der Waals surface area contributed by atoms with E-state index in [-0.39, 0.29) is 5.91 Å². The predicted molar refractivity (Wildman–Crippen MR) is 69.2 cm³/mol. The molecule has 0 unspecified atom stereocenters. The van der Waals surface area contributed by atoms with Gasteiger partial charge in [0.1, 0.15) is 11.6 Å². The largest absolute Gasteiger partial charge is 0.384 e. The van der Waals surface area contributed by atoms with Gasteiger partial charge in [0.2, 0.25) is 0 Å². The number of nitrogens with zero attached hydrogens (tertiary/aromatic N) is 3.